The molecular weight excluding hydrogens is 228 g/mol. The van der Waals surface area contributed by atoms with Crippen LogP contribution in [0.3, 0.4) is 0 Å². The molecule has 0 aromatic carbocycles. The minimum Gasteiger partial charge on any atom is -0.465 e. The van der Waals surface area contributed by atoms with Crippen LogP contribution in [0.4, 0.5) is 0 Å². The normalized spacial score (nSPS) is 11.6. The van der Waals surface area contributed by atoms with Crippen molar-refractivity contribution in [3.63, 3.8) is 0 Å². The van der Waals surface area contributed by atoms with Gasteiger partial charge in [0, 0.05) is 5.41 Å². The summed E-state index contributed by atoms with van der Waals surface area (Å²) in [6.07, 6.45) is 0. The second-order valence-electron chi connectivity index (χ2n) is 4.56. The van der Waals surface area contributed by atoms with Crippen molar-refractivity contribution in [3.8, 4) is 0 Å². The number of carbonyl (C=O) groups is 1. The van der Waals surface area contributed by atoms with E-state index in [0.717, 1.165) is 5.69 Å². The summed E-state index contributed by atoms with van der Waals surface area (Å²) in [7, 11) is 0. The molecule has 4 nitrogen and oxygen atoms in total. The summed E-state index contributed by atoms with van der Waals surface area (Å²) in [4.78, 5) is 11.3. The smallest absolute Gasteiger partial charge is 0.327 e. The largest absolute Gasteiger partial charge is 0.465 e. The van der Waals surface area contributed by atoms with Gasteiger partial charge in [0.25, 0.3) is 0 Å². The van der Waals surface area contributed by atoms with Crippen molar-refractivity contribution in [3.05, 3.63) is 16.9 Å². The Labute approximate surface area is 101 Å². The summed E-state index contributed by atoms with van der Waals surface area (Å²) in [5.41, 5.74) is 0.783. The monoisotopic (exact) mass is 244 g/mol. The van der Waals surface area contributed by atoms with E-state index >= 15 is 0 Å². The third kappa shape index (κ3) is 3.23. The van der Waals surface area contributed by atoms with Crippen molar-refractivity contribution in [1.82, 2.24) is 9.78 Å². The Bertz CT molecular complexity index is 380. The van der Waals surface area contributed by atoms with Crippen LogP contribution in [-0.4, -0.2) is 22.4 Å². The number of esters is 1. The van der Waals surface area contributed by atoms with Crippen LogP contribution in [0.15, 0.2) is 6.07 Å². The molecule has 0 aliphatic rings. The molecule has 0 bridgehead atoms. The van der Waals surface area contributed by atoms with E-state index in [4.69, 9.17) is 16.3 Å². The molecule has 0 aliphatic heterocycles. The minimum absolute atomic E-state index is 0.0583. The van der Waals surface area contributed by atoms with Gasteiger partial charge in [-0.3, -0.25) is 4.79 Å². The summed E-state index contributed by atoms with van der Waals surface area (Å²) >= 11 is 5.99. The molecule has 1 rings (SSSR count). The summed E-state index contributed by atoms with van der Waals surface area (Å²) in [6.45, 7) is 8.32. The number of hydrogen-bond acceptors (Lipinski definition) is 3. The molecule has 0 N–H and O–H groups in total. The fourth-order valence-electron chi connectivity index (χ4n) is 1.20. The van der Waals surface area contributed by atoms with Crippen LogP contribution >= 0.6 is 11.6 Å². The highest BCUT2D eigenvalue weighted by Gasteiger charge is 2.20. The van der Waals surface area contributed by atoms with Gasteiger partial charge in [-0.2, -0.15) is 5.10 Å². The highest BCUT2D eigenvalue weighted by atomic mass is 35.5. The topological polar surface area (TPSA) is 44.1 Å². The molecule has 0 saturated carbocycles. The maximum absolute atomic E-state index is 11.3. The lowest BCUT2D eigenvalue weighted by molar-refractivity contribution is -0.144. The molecular formula is C11H17ClN2O2. The van der Waals surface area contributed by atoms with Crippen molar-refractivity contribution >= 4 is 17.6 Å². The van der Waals surface area contributed by atoms with Crippen LogP contribution in [0.2, 0.25) is 5.15 Å². The predicted octanol–water partition coefficient (Wildman–Crippen LogP) is 2.40. The lowest BCUT2D eigenvalue weighted by Gasteiger charge is -2.14. The molecule has 1 heterocycles. The number of nitrogens with zero attached hydrogens (tertiary/aromatic N) is 2. The molecule has 5 heteroatoms. The fraction of sp³-hybridized carbons (Fsp3) is 0.636. The van der Waals surface area contributed by atoms with Crippen LogP contribution in [0.1, 0.15) is 33.4 Å². The first kappa shape index (κ1) is 13.0. The fourth-order valence-corrected chi connectivity index (χ4v) is 1.40. The zero-order valence-electron chi connectivity index (χ0n) is 10.1. The van der Waals surface area contributed by atoms with Gasteiger partial charge < -0.3 is 4.74 Å². The van der Waals surface area contributed by atoms with Crippen molar-refractivity contribution in [1.29, 1.82) is 0 Å². The highest BCUT2D eigenvalue weighted by molar-refractivity contribution is 6.29. The van der Waals surface area contributed by atoms with Gasteiger partial charge in [0.1, 0.15) is 11.7 Å². The summed E-state index contributed by atoms with van der Waals surface area (Å²) in [5, 5.41) is 4.74. The van der Waals surface area contributed by atoms with Gasteiger partial charge in [0.05, 0.1) is 12.3 Å². The van der Waals surface area contributed by atoms with Gasteiger partial charge in [-0.25, -0.2) is 4.68 Å². The molecule has 1 aromatic heterocycles. The van der Waals surface area contributed by atoms with E-state index in [0.29, 0.717) is 11.8 Å². The maximum Gasteiger partial charge on any atom is 0.327 e. The van der Waals surface area contributed by atoms with E-state index in [1.165, 1.54) is 4.68 Å². The molecule has 0 fully saturated rings. The molecule has 0 unspecified atom stereocenters. The van der Waals surface area contributed by atoms with Crippen molar-refractivity contribution < 1.29 is 9.53 Å². The van der Waals surface area contributed by atoms with Gasteiger partial charge in [0.2, 0.25) is 0 Å². The summed E-state index contributed by atoms with van der Waals surface area (Å²) < 4.78 is 6.30. The SMILES string of the molecule is CCOC(=O)Cn1nc(C(C)(C)C)cc1Cl. The number of aromatic nitrogens is 2. The van der Waals surface area contributed by atoms with Crippen molar-refractivity contribution in [2.45, 2.75) is 39.7 Å². The Kier molecular flexibility index (Phi) is 3.97. The number of carbonyl (C=O) groups excluding carboxylic acids is 1. The number of rotatable bonds is 3. The average molecular weight is 245 g/mol. The number of hydrogen-bond donors (Lipinski definition) is 0. The molecule has 0 aliphatic carbocycles. The quantitative estimate of drug-likeness (QED) is 0.767. The molecule has 0 spiro atoms. The second kappa shape index (κ2) is 4.87. The first-order valence-electron chi connectivity index (χ1n) is 5.24. The van der Waals surface area contributed by atoms with E-state index in [-0.39, 0.29) is 17.9 Å². The minimum atomic E-state index is -0.326. The van der Waals surface area contributed by atoms with Crippen LogP contribution < -0.4 is 0 Å². The summed E-state index contributed by atoms with van der Waals surface area (Å²) in [5.74, 6) is -0.326. The molecule has 0 saturated heterocycles. The summed E-state index contributed by atoms with van der Waals surface area (Å²) in [6, 6.07) is 1.78. The first-order valence-corrected chi connectivity index (χ1v) is 5.62. The molecule has 90 valence electrons. The van der Waals surface area contributed by atoms with Crippen molar-refractivity contribution in [2.24, 2.45) is 0 Å². The van der Waals surface area contributed by atoms with Gasteiger partial charge in [-0.05, 0) is 13.0 Å². The van der Waals surface area contributed by atoms with E-state index in [9.17, 15) is 4.79 Å². The molecule has 0 radical (unpaired) electrons. The van der Waals surface area contributed by atoms with Gasteiger partial charge in [-0.1, -0.05) is 32.4 Å². The third-order valence-corrected chi connectivity index (χ3v) is 2.39. The highest BCUT2D eigenvalue weighted by Crippen LogP contribution is 2.23. The van der Waals surface area contributed by atoms with E-state index in [2.05, 4.69) is 5.10 Å². The molecule has 0 atom stereocenters. The molecule has 1 aromatic rings. The standard InChI is InChI=1S/C11H17ClN2O2/c1-5-16-10(15)7-14-9(12)6-8(13-14)11(2,3)4/h6H,5,7H2,1-4H3. The van der Waals surface area contributed by atoms with Gasteiger partial charge >= 0.3 is 5.97 Å². The third-order valence-electron chi connectivity index (χ3n) is 2.08. The molecule has 0 amide bonds. The second-order valence-corrected chi connectivity index (χ2v) is 4.95. The number of ether oxygens (including phenoxy) is 1. The average Bonchev–Trinajstić information content (AvgIpc) is 2.47. The van der Waals surface area contributed by atoms with E-state index in [1.807, 2.05) is 20.8 Å². The first-order chi connectivity index (χ1) is 7.34. The lowest BCUT2D eigenvalue weighted by Crippen LogP contribution is -2.17. The number of halogens is 1. The predicted molar refractivity (Wildman–Crippen MR) is 62.6 cm³/mol. The van der Waals surface area contributed by atoms with Gasteiger partial charge in [-0.15, -0.1) is 0 Å². The Morgan fingerprint density at radius 1 is 1.56 bits per heavy atom. The Morgan fingerprint density at radius 3 is 2.62 bits per heavy atom. The maximum atomic E-state index is 11.3. The van der Waals surface area contributed by atoms with Crippen LogP contribution in [0.25, 0.3) is 0 Å². The zero-order valence-corrected chi connectivity index (χ0v) is 10.8. The van der Waals surface area contributed by atoms with Crippen molar-refractivity contribution in [2.75, 3.05) is 6.61 Å². The van der Waals surface area contributed by atoms with Crippen LogP contribution in [0.5, 0.6) is 0 Å². The van der Waals surface area contributed by atoms with E-state index in [1.54, 1.807) is 13.0 Å². The zero-order chi connectivity index (χ0) is 12.3. The van der Waals surface area contributed by atoms with Crippen LogP contribution in [-0.2, 0) is 21.5 Å². The Hall–Kier alpha value is -1.03. The Balaban J connectivity index is 2.82. The van der Waals surface area contributed by atoms with Crippen LogP contribution in [0, 0.1) is 0 Å². The van der Waals surface area contributed by atoms with Gasteiger partial charge in [0.15, 0.2) is 0 Å². The lowest BCUT2D eigenvalue weighted by atomic mass is 9.93. The Morgan fingerprint density at radius 2 is 2.19 bits per heavy atom. The van der Waals surface area contributed by atoms with E-state index < -0.39 is 0 Å². The molecule has 16 heavy (non-hydrogen) atoms.